The van der Waals surface area contributed by atoms with Crippen LogP contribution in [-0.2, 0) is 16.1 Å². The molecule has 1 aliphatic rings. The Hall–Kier alpha value is -2.55. The van der Waals surface area contributed by atoms with Gasteiger partial charge in [-0.1, -0.05) is 36.0 Å². The van der Waals surface area contributed by atoms with E-state index in [2.05, 4.69) is 28.5 Å². The van der Waals surface area contributed by atoms with E-state index in [0.717, 1.165) is 41.5 Å². The van der Waals surface area contributed by atoms with E-state index in [1.165, 1.54) is 11.8 Å². The molecule has 0 radical (unpaired) electrons. The Kier molecular flexibility index (Phi) is 7.82. The fourth-order valence-electron chi connectivity index (χ4n) is 3.64. The van der Waals surface area contributed by atoms with Crippen LogP contribution in [0.5, 0.6) is 0 Å². The first-order valence-electron chi connectivity index (χ1n) is 11.1. The van der Waals surface area contributed by atoms with E-state index in [9.17, 15) is 9.59 Å². The van der Waals surface area contributed by atoms with Gasteiger partial charge in [0.15, 0.2) is 11.0 Å². The van der Waals surface area contributed by atoms with Crippen molar-refractivity contribution in [2.75, 3.05) is 18.8 Å². The van der Waals surface area contributed by atoms with Crippen LogP contribution in [0.2, 0.25) is 0 Å². The van der Waals surface area contributed by atoms with E-state index in [-0.39, 0.29) is 23.8 Å². The minimum Gasteiger partial charge on any atom is -0.444 e. The minimum atomic E-state index is -0.502. The van der Waals surface area contributed by atoms with Crippen molar-refractivity contribution in [3.8, 4) is 11.4 Å². The number of aryl methyl sites for hydroxylation is 1. The standard InChI is InChI=1S/C23H33N5O3S/c1-6-28-20(18-10-8-7-9-16(18)2)25-26-21(28)32-15-19(29)24-17-11-13-27(14-12-17)22(30)31-23(3,4)5/h7-10,17H,6,11-15H2,1-5H3,(H,24,29). The van der Waals surface area contributed by atoms with E-state index in [4.69, 9.17) is 4.74 Å². The molecule has 1 N–H and O–H groups in total. The first kappa shape index (κ1) is 24.1. The molecule has 3 rings (SSSR count). The molecule has 0 saturated carbocycles. The lowest BCUT2D eigenvalue weighted by Crippen LogP contribution is -2.48. The number of amides is 2. The van der Waals surface area contributed by atoms with Crippen LogP contribution in [-0.4, -0.2) is 62.2 Å². The fraction of sp³-hybridized carbons (Fsp3) is 0.565. The molecule has 1 saturated heterocycles. The van der Waals surface area contributed by atoms with Crippen LogP contribution < -0.4 is 5.32 Å². The normalized spacial score (nSPS) is 15.0. The summed E-state index contributed by atoms with van der Waals surface area (Å²) in [6, 6.07) is 8.15. The third kappa shape index (κ3) is 6.25. The second-order valence-corrected chi connectivity index (χ2v) is 9.91. The number of hydrogen-bond donors (Lipinski definition) is 1. The fourth-order valence-corrected chi connectivity index (χ4v) is 4.45. The Morgan fingerprint density at radius 2 is 1.88 bits per heavy atom. The summed E-state index contributed by atoms with van der Waals surface area (Å²) in [6.07, 6.45) is 1.15. The lowest BCUT2D eigenvalue weighted by Gasteiger charge is -2.33. The van der Waals surface area contributed by atoms with Gasteiger partial charge in [0, 0.05) is 31.2 Å². The van der Waals surface area contributed by atoms with Gasteiger partial charge in [-0.15, -0.1) is 10.2 Å². The molecular weight excluding hydrogens is 426 g/mol. The highest BCUT2D eigenvalue weighted by atomic mass is 32.2. The molecule has 1 fully saturated rings. The Morgan fingerprint density at radius 1 is 1.19 bits per heavy atom. The van der Waals surface area contributed by atoms with Crippen LogP contribution in [0.3, 0.4) is 0 Å². The number of piperidine rings is 1. The number of benzene rings is 1. The van der Waals surface area contributed by atoms with E-state index in [1.54, 1.807) is 4.90 Å². The van der Waals surface area contributed by atoms with E-state index < -0.39 is 5.60 Å². The van der Waals surface area contributed by atoms with Gasteiger partial charge in [0.2, 0.25) is 5.91 Å². The quantitative estimate of drug-likeness (QED) is 0.660. The maximum atomic E-state index is 12.5. The number of ether oxygens (including phenoxy) is 1. The number of rotatable bonds is 6. The average Bonchev–Trinajstić information content (AvgIpc) is 3.14. The van der Waals surface area contributed by atoms with Crippen LogP contribution in [0.4, 0.5) is 4.79 Å². The lowest BCUT2D eigenvalue weighted by atomic mass is 10.1. The van der Waals surface area contributed by atoms with E-state index in [0.29, 0.717) is 13.1 Å². The van der Waals surface area contributed by atoms with Gasteiger partial charge in [-0.25, -0.2) is 4.79 Å². The molecule has 0 spiro atoms. The molecule has 32 heavy (non-hydrogen) atoms. The Bertz CT molecular complexity index is 945. The van der Waals surface area contributed by atoms with E-state index in [1.807, 2.05) is 50.5 Å². The van der Waals surface area contributed by atoms with Crippen molar-refractivity contribution in [2.45, 2.75) is 70.8 Å². The van der Waals surface area contributed by atoms with Crippen molar-refractivity contribution in [1.29, 1.82) is 0 Å². The van der Waals surface area contributed by atoms with Crippen molar-refractivity contribution in [3.05, 3.63) is 29.8 Å². The van der Waals surface area contributed by atoms with E-state index >= 15 is 0 Å². The van der Waals surface area contributed by atoms with Crippen molar-refractivity contribution in [1.82, 2.24) is 25.0 Å². The summed E-state index contributed by atoms with van der Waals surface area (Å²) in [5.41, 5.74) is 1.69. The van der Waals surface area contributed by atoms with Crippen LogP contribution in [0.15, 0.2) is 29.4 Å². The number of hydrogen-bond acceptors (Lipinski definition) is 6. The van der Waals surface area contributed by atoms with Crippen molar-refractivity contribution < 1.29 is 14.3 Å². The molecule has 1 aliphatic heterocycles. The SMILES string of the molecule is CCn1c(SCC(=O)NC2CCN(C(=O)OC(C)(C)C)CC2)nnc1-c1ccccc1C. The molecule has 9 heteroatoms. The number of likely N-dealkylation sites (tertiary alicyclic amines) is 1. The van der Waals surface area contributed by atoms with Gasteiger partial charge >= 0.3 is 6.09 Å². The number of aromatic nitrogens is 3. The predicted octanol–water partition coefficient (Wildman–Crippen LogP) is 3.88. The molecule has 2 amide bonds. The first-order chi connectivity index (χ1) is 15.2. The predicted molar refractivity (Wildman–Crippen MR) is 126 cm³/mol. The third-order valence-corrected chi connectivity index (χ3v) is 6.23. The van der Waals surface area contributed by atoms with Crippen LogP contribution in [0, 0.1) is 6.92 Å². The summed E-state index contributed by atoms with van der Waals surface area (Å²) in [6.45, 7) is 11.6. The summed E-state index contributed by atoms with van der Waals surface area (Å²) in [5.74, 6) is 1.06. The number of carbonyl (C=O) groups is 2. The second-order valence-electron chi connectivity index (χ2n) is 8.96. The highest BCUT2D eigenvalue weighted by molar-refractivity contribution is 7.99. The van der Waals surface area contributed by atoms with Crippen molar-refractivity contribution in [3.63, 3.8) is 0 Å². The number of carbonyl (C=O) groups excluding carboxylic acids is 2. The van der Waals surface area contributed by atoms with Gasteiger partial charge < -0.3 is 19.5 Å². The molecule has 1 aromatic heterocycles. The molecule has 0 bridgehead atoms. The summed E-state index contributed by atoms with van der Waals surface area (Å²) in [5, 5.41) is 12.5. The van der Waals surface area contributed by atoms with Gasteiger partial charge in [-0.3, -0.25) is 4.79 Å². The number of nitrogens with zero attached hydrogens (tertiary/aromatic N) is 4. The van der Waals surface area contributed by atoms with Gasteiger partial charge in [-0.05, 0) is 53.0 Å². The second kappa shape index (κ2) is 10.4. The highest BCUT2D eigenvalue weighted by Crippen LogP contribution is 2.26. The number of thioether (sulfide) groups is 1. The molecule has 0 aliphatic carbocycles. The molecule has 2 aromatic rings. The summed E-state index contributed by atoms with van der Waals surface area (Å²) < 4.78 is 7.47. The third-order valence-electron chi connectivity index (χ3n) is 5.26. The topological polar surface area (TPSA) is 89.4 Å². The first-order valence-corrected chi connectivity index (χ1v) is 12.1. The van der Waals surface area contributed by atoms with Crippen LogP contribution >= 0.6 is 11.8 Å². The van der Waals surface area contributed by atoms with Crippen LogP contribution in [0.25, 0.3) is 11.4 Å². The van der Waals surface area contributed by atoms with Gasteiger partial charge in [0.05, 0.1) is 5.75 Å². The zero-order chi connectivity index (χ0) is 23.3. The molecule has 1 aromatic carbocycles. The summed E-state index contributed by atoms with van der Waals surface area (Å²) in [7, 11) is 0. The Morgan fingerprint density at radius 3 is 2.50 bits per heavy atom. The maximum Gasteiger partial charge on any atom is 0.410 e. The molecule has 8 nitrogen and oxygen atoms in total. The average molecular weight is 460 g/mol. The molecule has 0 atom stereocenters. The smallest absolute Gasteiger partial charge is 0.410 e. The molecule has 2 heterocycles. The van der Waals surface area contributed by atoms with Crippen LogP contribution in [0.1, 0.15) is 46.1 Å². The zero-order valence-corrected chi connectivity index (χ0v) is 20.4. The minimum absolute atomic E-state index is 0.0335. The lowest BCUT2D eigenvalue weighted by molar-refractivity contribution is -0.119. The van der Waals surface area contributed by atoms with Gasteiger partial charge in [0.1, 0.15) is 5.60 Å². The van der Waals surface area contributed by atoms with Gasteiger partial charge in [0.25, 0.3) is 0 Å². The molecular formula is C23H33N5O3S. The largest absolute Gasteiger partial charge is 0.444 e. The summed E-state index contributed by atoms with van der Waals surface area (Å²) >= 11 is 1.39. The molecule has 0 unspecified atom stereocenters. The molecule has 174 valence electrons. The highest BCUT2D eigenvalue weighted by Gasteiger charge is 2.27. The summed E-state index contributed by atoms with van der Waals surface area (Å²) in [4.78, 5) is 26.4. The van der Waals surface area contributed by atoms with Crippen molar-refractivity contribution >= 4 is 23.8 Å². The Labute approximate surface area is 194 Å². The number of nitrogens with one attached hydrogen (secondary N) is 1. The monoisotopic (exact) mass is 459 g/mol. The van der Waals surface area contributed by atoms with Gasteiger partial charge in [-0.2, -0.15) is 0 Å². The zero-order valence-electron chi connectivity index (χ0n) is 19.6. The maximum absolute atomic E-state index is 12.5. The Balaban J connectivity index is 1.50. The van der Waals surface area contributed by atoms with Crippen molar-refractivity contribution in [2.24, 2.45) is 0 Å².